The lowest BCUT2D eigenvalue weighted by Gasteiger charge is -2.21. The van der Waals surface area contributed by atoms with E-state index in [0.717, 1.165) is 35.9 Å². The zero-order valence-corrected chi connectivity index (χ0v) is 14.9. The van der Waals surface area contributed by atoms with E-state index in [1.54, 1.807) is 11.8 Å². The number of anilines is 2. The maximum Gasteiger partial charge on any atom is 0.338 e. The number of benzene rings is 2. The highest BCUT2D eigenvalue weighted by Crippen LogP contribution is 2.44. The van der Waals surface area contributed by atoms with Crippen LogP contribution in [0.2, 0.25) is 0 Å². The Bertz CT molecular complexity index is 729. The van der Waals surface area contributed by atoms with E-state index < -0.39 is 0 Å². The van der Waals surface area contributed by atoms with Crippen molar-refractivity contribution >= 4 is 29.1 Å². The van der Waals surface area contributed by atoms with E-state index in [1.807, 2.05) is 36.4 Å². The lowest BCUT2D eigenvalue weighted by atomic mass is 10.2. The van der Waals surface area contributed by atoms with Crippen LogP contribution >= 0.6 is 11.8 Å². The predicted molar refractivity (Wildman–Crippen MR) is 98.4 cm³/mol. The van der Waals surface area contributed by atoms with E-state index in [-0.39, 0.29) is 5.97 Å². The van der Waals surface area contributed by atoms with Crippen molar-refractivity contribution in [1.82, 2.24) is 4.90 Å². The van der Waals surface area contributed by atoms with Gasteiger partial charge in [0.25, 0.3) is 0 Å². The van der Waals surface area contributed by atoms with Crippen molar-refractivity contribution in [2.75, 3.05) is 31.6 Å². The first-order chi connectivity index (χ1) is 11.7. The van der Waals surface area contributed by atoms with Gasteiger partial charge in [-0.05, 0) is 43.4 Å². The minimum absolute atomic E-state index is 0.268. The van der Waals surface area contributed by atoms with Crippen molar-refractivity contribution < 1.29 is 9.53 Å². The van der Waals surface area contributed by atoms with Crippen molar-refractivity contribution in [2.24, 2.45) is 0 Å². The molecule has 2 aromatic rings. The number of fused-ring (bicyclic) bond motifs is 2. The molecule has 2 aromatic carbocycles. The molecule has 0 saturated carbocycles. The Hall–Kier alpha value is -1.98. The minimum atomic E-state index is -0.268. The van der Waals surface area contributed by atoms with Gasteiger partial charge in [0.2, 0.25) is 0 Å². The van der Waals surface area contributed by atoms with E-state index >= 15 is 0 Å². The number of esters is 1. The zero-order valence-electron chi connectivity index (χ0n) is 14.0. The fourth-order valence-electron chi connectivity index (χ4n) is 2.66. The quantitative estimate of drug-likeness (QED) is 0.673. The summed E-state index contributed by atoms with van der Waals surface area (Å²) in [5.41, 5.74) is 2.61. The molecule has 1 aliphatic heterocycles. The average Bonchev–Trinajstić information content (AvgIpc) is 2.63. The van der Waals surface area contributed by atoms with Gasteiger partial charge >= 0.3 is 5.97 Å². The third kappa shape index (κ3) is 3.74. The average molecular weight is 342 g/mol. The predicted octanol–water partition coefficient (Wildman–Crippen LogP) is 4.39. The monoisotopic (exact) mass is 342 g/mol. The van der Waals surface area contributed by atoms with Crippen LogP contribution in [0.3, 0.4) is 0 Å². The summed E-state index contributed by atoms with van der Waals surface area (Å²) in [4.78, 5) is 16.8. The number of likely N-dealkylation sites (N-methyl/N-ethyl adjacent to an activating group) is 1. The first-order valence-corrected chi connectivity index (χ1v) is 9.10. The SMILES string of the molecule is CCN(CC)CCOC(=O)c1ccc2c(c1)Nc1ccccc1S2. The van der Waals surface area contributed by atoms with Crippen molar-refractivity contribution in [1.29, 1.82) is 0 Å². The van der Waals surface area contributed by atoms with Crippen molar-refractivity contribution in [3.63, 3.8) is 0 Å². The lowest BCUT2D eigenvalue weighted by molar-refractivity contribution is 0.0466. The third-order valence-corrected chi connectivity index (χ3v) is 5.28. The largest absolute Gasteiger partial charge is 0.461 e. The Kier molecular flexibility index (Phi) is 5.43. The summed E-state index contributed by atoms with van der Waals surface area (Å²) >= 11 is 1.71. The van der Waals surface area contributed by atoms with E-state index in [4.69, 9.17) is 4.74 Å². The maximum atomic E-state index is 12.3. The summed E-state index contributed by atoms with van der Waals surface area (Å²) in [6, 6.07) is 13.8. The molecule has 0 bridgehead atoms. The van der Waals surface area contributed by atoms with Gasteiger partial charge in [-0.15, -0.1) is 0 Å². The van der Waals surface area contributed by atoms with Gasteiger partial charge in [-0.1, -0.05) is 37.7 Å². The van der Waals surface area contributed by atoms with Gasteiger partial charge in [0.05, 0.1) is 16.9 Å². The first kappa shape index (κ1) is 16.9. The number of nitrogens with zero attached hydrogens (tertiary/aromatic N) is 1. The second-order valence-electron chi connectivity index (χ2n) is 5.60. The highest BCUT2D eigenvalue weighted by atomic mass is 32.2. The second-order valence-corrected chi connectivity index (χ2v) is 6.68. The van der Waals surface area contributed by atoms with E-state index in [9.17, 15) is 4.79 Å². The molecule has 126 valence electrons. The van der Waals surface area contributed by atoms with Crippen LogP contribution in [0.15, 0.2) is 52.3 Å². The van der Waals surface area contributed by atoms with Crippen LogP contribution < -0.4 is 5.32 Å². The lowest BCUT2D eigenvalue weighted by Crippen LogP contribution is -2.27. The molecule has 3 rings (SSSR count). The van der Waals surface area contributed by atoms with Gasteiger partial charge in [0.1, 0.15) is 6.61 Å². The summed E-state index contributed by atoms with van der Waals surface area (Å²) in [6.07, 6.45) is 0. The van der Waals surface area contributed by atoms with E-state index in [1.165, 1.54) is 4.90 Å². The Morgan fingerprint density at radius 2 is 1.83 bits per heavy atom. The van der Waals surface area contributed by atoms with Gasteiger partial charge in [-0.25, -0.2) is 4.79 Å². The Morgan fingerprint density at radius 3 is 2.62 bits per heavy atom. The van der Waals surface area contributed by atoms with Crippen LogP contribution in [0.25, 0.3) is 0 Å². The molecule has 0 radical (unpaired) electrons. The van der Waals surface area contributed by atoms with Crippen LogP contribution in [0.1, 0.15) is 24.2 Å². The molecule has 1 aliphatic rings. The second kappa shape index (κ2) is 7.73. The Labute approximate surface area is 147 Å². The first-order valence-electron chi connectivity index (χ1n) is 8.28. The summed E-state index contributed by atoms with van der Waals surface area (Å²) in [6.45, 7) is 7.33. The smallest absolute Gasteiger partial charge is 0.338 e. The molecule has 0 amide bonds. The molecule has 5 heteroatoms. The highest BCUT2D eigenvalue weighted by Gasteiger charge is 2.17. The molecule has 0 spiro atoms. The summed E-state index contributed by atoms with van der Waals surface area (Å²) in [7, 11) is 0. The molecular weight excluding hydrogens is 320 g/mol. The summed E-state index contributed by atoms with van der Waals surface area (Å²) < 4.78 is 5.41. The van der Waals surface area contributed by atoms with Gasteiger partial charge in [0, 0.05) is 16.3 Å². The molecule has 4 nitrogen and oxygen atoms in total. The van der Waals surface area contributed by atoms with Crippen molar-refractivity contribution in [3.8, 4) is 0 Å². The van der Waals surface area contributed by atoms with Crippen LogP contribution in [-0.4, -0.2) is 37.1 Å². The fourth-order valence-corrected chi connectivity index (χ4v) is 3.63. The van der Waals surface area contributed by atoms with Crippen molar-refractivity contribution in [2.45, 2.75) is 23.6 Å². The van der Waals surface area contributed by atoms with Gasteiger partial charge in [0.15, 0.2) is 0 Å². The van der Waals surface area contributed by atoms with E-state index in [2.05, 4.69) is 30.1 Å². The molecule has 0 unspecified atom stereocenters. The number of hydrogen-bond donors (Lipinski definition) is 1. The minimum Gasteiger partial charge on any atom is -0.461 e. The molecule has 24 heavy (non-hydrogen) atoms. The van der Waals surface area contributed by atoms with Crippen LogP contribution in [0, 0.1) is 0 Å². The normalized spacial score (nSPS) is 12.3. The standard InChI is InChI=1S/C19H22N2O2S/c1-3-21(4-2)11-12-23-19(22)14-9-10-18-16(13-14)20-15-7-5-6-8-17(15)24-18/h5-10,13,20H,3-4,11-12H2,1-2H3. The highest BCUT2D eigenvalue weighted by molar-refractivity contribution is 7.99. The molecule has 1 heterocycles. The van der Waals surface area contributed by atoms with Crippen LogP contribution in [0.4, 0.5) is 11.4 Å². The molecule has 0 fully saturated rings. The number of nitrogens with one attached hydrogen (secondary N) is 1. The summed E-state index contributed by atoms with van der Waals surface area (Å²) in [5.74, 6) is -0.268. The molecular formula is C19H22N2O2S. The van der Waals surface area contributed by atoms with Gasteiger partial charge in [-0.2, -0.15) is 0 Å². The molecule has 0 aliphatic carbocycles. The van der Waals surface area contributed by atoms with E-state index in [0.29, 0.717) is 12.2 Å². The summed E-state index contributed by atoms with van der Waals surface area (Å²) in [5, 5.41) is 3.39. The van der Waals surface area contributed by atoms with Crippen LogP contribution in [-0.2, 0) is 4.74 Å². The van der Waals surface area contributed by atoms with Crippen LogP contribution in [0.5, 0.6) is 0 Å². The van der Waals surface area contributed by atoms with Gasteiger partial charge < -0.3 is 15.0 Å². The Morgan fingerprint density at radius 1 is 1.08 bits per heavy atom. The van der Waals surface area contributed by atoms with Crippen molar-refractivity contribution in [3.05, 3.63) is 48.0 Å². The van der Waals surface area contributed by atoms with Gasteiger partial charge in [-0.3, -0.25) is 0 Å². The third-order valence-electron chi connectivity index (χ3n) is 4.13. The number of hydrogen-bond acceptors (Lipinski definition) is 5. The number of carbonyl (C=O) groups is 1. The molecule has 0 saturated heterocycles. The number of para-hydroxylation sites is 1. The number of rotatable bonds is 6. The number of ether oxygens (including phenoxy) is 1. The Balaban J connectivity index is 1.65. The molecule has 0 atom stereocenters. The molecule has 0 aromatic heterocycles. The fraction of sp³-hybridized carbons (Fsp3) is 0.316. The number of carbonyl (C=O) groups excluding carboxylic acids is 1. The topological polar surface area (TPSA) is 41.6 Å². The molecule has 1 N–H and O–H groups in total. The zero-order chi connectivity index (χ0) is 16.9. The maximum absolute atomic E-state index is 12.3.